The fourth-order valence-corrected chi connectivity index (χ4v) is 5.76. The van der Waals surface area contributed by atoms with Crippen molar-refractivity contribution in [1.29, 1.82) is 0 Å². The molecule has 0 aliphatic carbocycles. The van der Waals surface area contributed by atoms with Crippen LogP contribution in [0.15, 0.2) is 4.21 Å². The van der Waals surface area contributed by atoms with Crippen LogP contribution in [0.25, 0.3) is 0 Å². The van der Waals surface area contributed by atoms with Gasteiger partial charge in [-0.05, 0) is 31.4 Å². The quantitative estimate of drug-likeness (QED) is 0.719. The van der Waals surface area contributed by atoms with Gasteiger partial charge in [-0.3, -0.25) is 0 Å². The minimum absolute atomic E-state index is 0.0682. The lowest BCUT2D eigenvalue weighted by Crippen LogP contribution is -2.32. The smallest absolute Gasteiger partial charge is 0.338 e. The minimum atomic E-state index is -3.84. The lowest BCUT2D eigenvalue weighted by atomic mass is 10.1. The number of rotatable bonds is 5. The number of hydrogen-bond donors (Lipinski definition) is 3. The summed E-state index contributed by atoms with van der Waals surface area (Å²) in [4.78, 5) is 12.3. The van der Waals surface area contributed by atoms with Crippen molar-refractivity contribution in [2.45, 2.75) is 36.1 Å². The molecular weight excluding hydrogens is 328 g/mol. The number of sulfonamides is 1. The summed E-state index contributed by atoms with van der Waals surface area (Å²) in [5.41, 5.74) is 0.579. The molecule has 7 nitrogen and oxygen atoms in total. The molecule has 2 aliphatic rings. The van der Waals surface area contributed by atoms with Crippen molar-refractivity contribution >= 4 is 27.3 Å². The van der Waals surface area contributed by atoms with Gasteiger partial charge in [-0.25, -0.2) is 17.9 Å². The van der Waals surface area contributed by atoms with Crippen molar-refractivity contribution in [1.82, 2.24) is 10.0 Å². The van der Waals surface area contributed by atoms with E-state index in [1.165, 1.54) is 0 Å². The molecule has 3 N–H and O–H groups in total. The Morgan fingerprint density at radius 2 is 2.32 bits per heavy atom. The van der Waals surface area contributed by atoms with E-state index < -0.39 is 16.0 Å². The van der Waals surface area contributed by atoms with Gasteiger partial charge in [0.25, 0.3) is 10.0 Å². The number of ether oxygens (including phenoxy) is 1. The molecule has 0 bridgehead atoms. The van der Waals surface area contributed by atoms with Crippen molar-refractivity contribution in [3.63, 3.8) is 0 Å². The van der Waals surface area contributed by atoms with E-state index in [1.807, 2.05) is 0 Å². The standard InChI is InChI=1S/C13H18N2O5S2/c16-12(17)11-9-3-4-14-7-10(9)21-13(11)22(18,19)15-6-8-2-1-5-20-8/h8,14-15H,1-7H2,(H,16,17)/t8-/m0/s1. The van der Waals surface area contributed by atoms with Gasteiger partial charge in [0.2, 0.25) is 0 Å². The lowest BCUT2D eigenvalue weighted by Gasteiger charge is -2.13. The molecular formula is C13H18N2O5S2. The summed E-state index contributed by atoms with van der Waals surface area (Å²) in [5, 5.41) is 12.6. The van der Waals surface area contributed by atoms with Crippen molar-refractivity contribution in [3.05, 3.63) is 16.0 Å². The largest absolute Gasteiger partial charge is 0.478 e. The molecule has 0 unspecified atom stereocenters. The zero-order chi connectivity index (χ0) is 15.7. The van der Waals surface area contributed by atoms with Gasteiger partial charge in [-0.2, -0.15) is 0 Å². The van der Waals surface area contributed by atoms with E-state index in [-0.39, 0.29) is 22.4 Å². The molecule has 1 atom stereocenters. The van der Waals surface area contributed by atoms with Gasteiger partial charge in [-0.1, -0.05) is 0 Å². The summed E-state index contributed by atoms with van der Waals surface area (Å²) >= 11 is 1.05. The topological polar surface area (TPSA) is 105 Å². The van der Waals surface area contributed by atoms with Gasteiger partial charge >= 0.3 is 5.97 Å². The number of carbonyl (C=O) groups is 1. The molecule has 0 spiro atoms. The molecule has 2 aliphatic heterocycles. The molecule has 1 aromatic heterocycles. The third-order valence-corrected chi connectivity index (χ3v) is 7.05. The van der Waals surface area contributed by atoms with Crippen LogP contribution in [0.3, 0.4) is 0 Å². The van der Waals surface area contributed by atoms with Gasteiger partial charge in [0.15, 0.2) is 0 Å². The van der Waals surface area contributed by atoms with Crippen LogP contribution in [-0.2, 0) is 27.7 Å². The maximum atomic E-state index is 12.5. The van der Waals surface area contributed by atoms with Crippen molar-refractivity contribution in [2.75, 3.05) is 19.7 Å². The maximum Gasteiger partial charge on any atom is 0.338 e. The Morgan fingerprint density at radius 3 is 3.00 bits per heavy atom. The van der Waals surface area contributed by atoms with Crippen LogP contribution in [0.4, 0.5) is 0 Å². The highest BCUT2D eigenvalue weighted by atomic mass is 32.2. The Kier molecular flexibility index (Phi) is 4.51. The molecule has 0 radical (unpaired) electrons. The fraction of sp³-hybridized carbons (Fsp3) is 0.615. The second-order valence-electron chi connectivity index (χ2n) is 5.39. The lowest BCUT2D eigenvalue weighted by molar-refractivity contribution is 0.0692. The van der Waals surface area contributed by atoms with E-state index in [0.717, 1.165) is 29.1 Å². The Balaban J connectivity index is 1.88. The molecule has 0 saturated carbocycles. The Morgan fingerprint density at radius 1 is 1.50 bits per heavy atom. The highest BCUT2D eigenvalue weighted by Crippen LogP contribution is 2.34. The van der Waals surface area contributed by atoms with E-state index in [4.69, 9.17) is 4.74 Å². The Hall–Kier alpha value is -1.00. The molecule has 3 heterocycles. The summed E-state index contributed by atoms with van der Waals surface area (Å²) in [7, 11) is -3.84. The Labute approximate surface area is 132 Å². The van der Waals surface area contributed by atoms with Gasteiger partial charge in [0.1, 0.15) is 4.21 Å². The number of fused-ring (bicyclic) bond motifs is 1. The van der Waals surface area contributed by atoms with E-state index in [0.29, 0.717) is 31.7 Å². The molecule has 1 aromatic rings. The molecule has 22 heavy (non-hydrogen) atoms. The number of hydrogen-bond acceptors (Lipinski definition) is 6. The number of carboxylic acids is 1. The average Bonchev–Trinajstić information content (AvgIpc) is 3.12. The van der Waals surface area contributed by atoms with Crippen molar-refractivity contribution < 1.29 is 23.1 Å². The maximum absolute atomic E-state index is 12.5. The molecule has 0 amide bonds. The van der Waals surface area contributed by atoms with Crippen LogP contribution in [0.5, 0.6) is 0 Å². The van der Waals surface area contributed by atoms with E-state index in [2.05, 4.69) is 10.0 Å². The van der Waals surface area contributed by atoms with Crippen LogP contribution in [0, 0.1) is 0 Å². The van der Waals surface area contributed by atoms with E-state index >= 15 is 0 Å². The average molecular weight is 346 g/mol. The highest BCUT2D eigenvalue weighted by Gasteiger charge is 2.32. The summed E-state index contributed by atoms with van der Waals surface area (Å²) in [5.74, 6) is -1.18. The highest BCUT2D eigenvalue weighted by molar-refractivity contribution is 7.91. The monoisotopic (exact) mass is 346 g/mol. The third kappa shape index (κ3) is 3.04. The first-order valence-corrected chi connectivity index (χ1v) is 9.49. The number of thiophene rings is 1. The van der Waals surface area contributed by atoms with Gasteiger partial charge < -0.3 is 15.2 Å². The first-order valence-electron chi connectivity index (χ1n) is 7.19. The van der Waals surface area contributed by atoms with Gasteiger partial charge in [0.05, 0.1) is 11.7 Å². The summed E-state index contributed by atoms with van der Waals surface area (Å²) in [6.07, 6.45) is 2.15. The van der Waals surface area contributed by atoms with E-state index in [9.17, 15) is 18.3 Å². The normalized spacial score (nSPS) is 21.7. The predicted molar refractivity (Wildman–Crippen MR) is 80.9 cm³/mol. The SMILES string of the molecule is O=C(O)c1c(S(=O)(=O)NC[C@@H]2CCCO2)sc2c1CCNC2. The second kappa shape index (κ2) is 6.25. The summed E-state index contributed by atoms with van der Waals surface area (Å²) in [6.45, 7) is 2.00. The molecule has 9 heteroatoms. The van der Waals surface area contributed by atoms with Crippen molar-refractivity contribution in [2.24, 2.45) is 0 Å². The number of aromatic carboxylic acids is 1. The summed E-state index contributed by atoms with van der Waals surface area (Å²) < 4.78 is 32.8. The van der Waals surface area contributed by atoms with Crippen molar-refractivity contribution in [3.8, 4) is 0 Å². The Bertz CT molecular complexity index is 677. The molecule has 1 fully saturated rings. The van der Waals surface area contributed by atoms with Gasteiger partial charge in [0, 0.05) is 24.6 Å². The fourth-order valence-electron chi connectivity index (χ4n) is 2.79. The zero-order valence-corrected chi connectivity index (χ0v) is 13.6. The first kappa shape index (κ1) is 15.9. The van der Waals surface area contributed by atoms with Crippen LogP contribution in [-0.4, -0.2) is 45.3 Å². The van der Waals surface area contributed by atoms with Crippen LogP contribution >= 0.6 is 11.3 Å². The zero-order valence-electron chi connectivity index (χ0n) is 11.9. The molecule has 0 aromatic carbocycles. The molecule has 3 rings (SSSR count). The predicted octanol–water partition coefficient (Wildman–Crippen LogP) is 0.549. The molecule has 122 valence electrons. The number of carboxylic acid groups (broad SMARTS) is 1. The van der Waals surface area contributed by atoms with Crippen LogP contribution in [0.2, 0.25) is 0 Å². The van der Waals surface area contributed by atoms with Crippen LogP contribution in [0.1, 0.15) is 33.6 Å². The molecule has 1 saturated heterocycles. The second-order valence-corrected chi connectivity index (χ2v) is 8.45. The number of nitrogens with one attached hydrogen (secondary N) is 2. The summed E-state index contributed by atoms with van der Waals surface area (Å²) in [6, 6.07) is 0. The van der Waals surface area contributed by atoms with E-state index in [1.54, 1.807) is 0 Å². The van der Waals surface area contributed by atoms with Gasteiger partial charge in [-0.15, -0.1) is 11.3 Å². The first-order chi connectivity index (χ1) is 10.5. The minimum Gasteiger partial charge on any atom is -0.478 e. The van der Waals surface area contributed by atoms with Crippen LogP contribution < -0.4 is 10.0 Å². The third-order valence-electron chi connectivity index (χ3n) is 3.88.